The fraction of sp³-hybridized carbons (Fsp3) is 0.167. The Morgan fingerprint density at radius 3 is 2.25 bits per heavy atom. The summed E-state index contributed by atoms with van der Waals surface area (Å²) >= 11 is 0. The van der Waals surface area contributed by atoms with Gasteiger partial charge in [0.2, 0.25) is 0 Å². The number of hydrogen-bond acceptors (Lipinski definition) is 2. The number of alkyl halides is 3. The van der Waals surface area contributed by atoms with Crippen LogP contribution in [-0.2, 0) is 11.0 Å². The summed E-state index contributed by atoms with van der Waals surface area (Å²) in [5, 5.41) is 9.70. The van der Waals surface area contributed by atoms with Gasteiger partial charge < -0.3 is 5.11 Å². The van der Waals surface area contributed by atoms with Crippen LogP contribution in [0, 0.1) is 11.6 Å². The normalized spacial score (nSPS) is 12.4. The largest absolute Gasteiger partial charge is 0.481 e. The third-order valence-electron chi connectivity index (χ3n) is 4.84. The van der Waals surface area contributed by atoms with Crippen molar-refractivity contribution in [2.75, 3.05) is 0 Å². The van der Waals surface area contributed by atoms with Gasteiger partial charge in [-0.15, -0.1) is 6.58 Å². The topological polar surface area (TPSA) is 50.2 Å². The van der Waals surface area contributed by atoms with Crippen LogP contribution in [0.5, 0.6) is 0 Å². The molecule has 0 bridgehead atoms. The summed E-state index contributed by atoms with van der Waals surface area (Å²) in [6, 6.07) is 10.4. The molecule has 0 saturated carbocycles. The van der Waals surface area contributed by atoms with Crippen molar-refractivity contribution in [2.24, 2.45) is 0 Å². The van der Waals surface area contributed by atoms with Crippen molar-refractivity contribution in [1.29, 1.82) is 0 Å². The maximum absolute atomic E-state index is 14.4. The summed E-state index contributed by atoms with van der Waals surface area (Å²) in [5.74, 6) is -4.49. The lowest BCUT2D eigenvalue weighted by molar-refractivity contribution is -0.139. The van der Waals surface area contributed by atoms with Crippen molar-refractivity contribution >= 4 is 5.97 Å². The maximum Gasteiger partial charge on any atom is 0.416 e. The van der Waals surface area contributed by atoms with E-state index in [9.17, 15) is 31.9 Å². The summed E-state index contributed by atoms with van der Waals surface area (Å²) in [6.45, 7) is 5.38. The molecule has 32 heavy (non-hydrogen) atoms. The van der Waals surface area contributed by atoms with E-state index in [1.807, 2.05) is 0 Å². The van der Waals surface area contributed by atoms with Gasteiger partial charge >= 0.3 is 12.1 Å². The number of benzene rings is 2. The molecular weight excluding hydrogens is 429 g/mol. The van der Waals surface area contributed by atoms with Crippen LogP contribution in [0.1, 0.15) is 30.4 Å². The van der Waals surface area contributed by atoms with Crippen LogP contribution in [0.15, 0.2) is 66.7 Å². The van der Waals surface area contributed by atoms with E-state index in [2.05, 4.69) is 11.6 Å². The van der Waals surface area contributed by atoms with E-state index in [4.69, 9.17) is 0 Å². The Morgan fingerprint density at radius 2 is 1.69 bits per heavy atom. The van der Waals surface area contributed by atoms with E-state index < -0.39 is 35.3 Å². The van der Waals surface area contributed by atoms with E-state index in [0.29, 0.717) is 5.57 Å². The number of nitrogens with zero attached hydrogens (tertiary/aromatic N) is 1. The second kappa shape index (κ2) is 8.90. The lowest BCUT2D eigenvalue weighted by Crippen LogP contribution is -2.13. The minimum absolute atomic E-state index is 0.0395. The average Bonchev–Trinajstić information content (AvgIpc) is 2.73. The SMILES string of the molecule is C=C(C)CC(C(=O)O)c1cc(-c2ccc(C(F)(F)F)cc2)nc(-c2cccc(F)c2F)c1. The molecule has 3 rings (SSSR count). The highest BCUT2D eigenvalue weighted by molar-refractivity contribution is 5.79. The van der Waals surface area contributed by atoms with E-state index in [1.165, 1.54) is 36.4 Å². The summed E-state index contributed by atoms with van der Waals surface area (Å²) in [7, 11) is 0. The standard InChI is InChI=1S/C24H18F5NO2/c1-13(2)10-18(23(31)32)15-11-20(14-6-8-16(9-7-14)24(27,28)29)30-21(12-15)17-4-3-5-19(25)22(17)26/h3-9,11-12,18H,1,10H2,2H3,(H,31,32). The number of carboxylic acid groups (broad SMARTS) is 1. The number of aliphatic carboxylic acids is 1. The van der Waals surface area contributed by atoms with Crippen LogP contribution in [0.3, 0.4) is 0 Å². The third kappa shape index (κ3) is 5.01. The molecule has 2 aromatic carbocycles. The molecule has 3 aromatic rings. The van der Waals surface area contributed by atoms with E-state index in [1.54, 1.807) is 6.92 Å². The van der Waals surface area contributed by atoms with E-state index in [0.717, 1.165) is 18.2 Å². The van der Waals surface area contributed by atoms with E-state index in [-0.39, 0.29) is 34.5 Å². The molecule has 1 unspecified atom stereocenters. The minimum atomic E-state index is -4.53. The Kier molecular flexibility index (Phi) is 6.43. The summed E-state index contributed by atoms with van der Waals surface area (Å²) in [5.41, 5.74) is 0.120. The zero-order chi connectivity index (χ0) is 23.6. The first-order valence-electron chi connectivity index (χ1n) is 9.48. The predicted octanol–water partition coefficient (Wildman–Crippen LogP) is 6.85. The van der Waals surface area contributed by atoms with Gasteiger partial charge in [0.15, 0.2) is 11.6 Å². The van der Waals surface area contributed by atoms with Gasteiger partial charge in [-0.05, 0) is 55.3 Å². The summed E-state index contributed by atoms with van der Waals surface area (Å²) in [4.78, 5) is 16.2. The molecule has 166 valence electrons. The summed E-state index contributed by atoms with van der Waals surface area (Å²) in [6.07, 6.45) is -4.45. The van der Waals surface area contributed by atoms with Gasteiger partial charge in [-0.3, -0.25) is 4.79 Å². The number of hydrogen-bond donors (Lipinski definition) is 1. The van der Waals surface area contributed by atoms with Crippen molar-refractivity contribution in [3.8, 4) is 22.5 Å². The number of allylic oxidation sites excluding steroid dienone is 1. The monoisotopic (exact) mass is 447 g/mol. The first-order chi connectivity index (χ1) is 15.0. The van der Waals surface area contributed by atoms with Gasteiger partial charge in [0.05, 0.1) is 22.9 Å². The molecule has 1 N–H and O–H groups in total. The molecule has 0 spiro atoms. The van der Waals surface area contributed by atoms with Gasteiger partial charge in [0, 0.05) is 11.1 Å². The molecule has 0 aliphatic heterocycles. The van der Waals surface area contributed by atoms with Crippen LogP contribution in [0.4, 0.5) is 22.0 Å². The highest BCUT2D eigenvalue weighted by Crippen LogP contribution is 2.34. The fourth-order valence-corrected chi connectivity index (χ4v) is 3.27. The lowest BCUT2D eigenvalue weighted by Gasteiger charge is -2.16. The quantitative estimate of drug-likeness (QED) is 0.332. The van der Waals surface area contributed by atoms with Crippen molar-refractivity contribution in [3.05, 3.63) is 89.5 Å². The van der Waals surface area contributed by atoms with Crippen LogP contribution in [0.2, 0.25) is 0 Å². The molecule has 8 heteroatoms. The van der Waals surface area contributed by atoms with Crippen molar-refractivity contribution in [2.45, 2.75) is 25.4 Å². The zero-order valence-corrected chi connectivity index (χ0v) is 16.9. The Bertz CT molecular complexity index is 1170. The Labute approximate surface area is 180 Å². The molecule has 0 aliphatic rings. The molecule has 0 aliphatic carbocycles. The van der Waals surface area contributed by atoms with Crippen molar-refractivity contribution < 1.29 is 31.9 Å². The van der Waals surface area contributed by atoms with Crippen molar-refractivity contribution in [3.63, 3.8) is 0 Å². The number of halogens is 5. The van der Waals surface area contributed by atoms with Crippen LogP contribution >= 0.6 is 0 Å². The first kappa shape index (κ1) is 23.1. The smallest absolute Gasteiger partial charge is 0.416 e. The molecule has 1 atom stereocenters. The van der Waals surface area contributed by atoms with Crippen LogP contribution in [0.25, 0.3) is 22.5 Å². The van der Waals surface area contributed by atoms with Gasteiger partial charge in [-0.25, -0.2) is 13.8 Å². The lowest BCUT2D eigenvalue weighted by atomic mass is 9.91. The molecule has 0 radical (unpaired) electrons. The maximum atomic E-state index is 14.4. The van der Waals surface area contributed by atoms with Gasteiger partial charge in [-0.1, -0.05) is 23.8 Å². The molecule has 1 heterocycles. The van der Waals surface area contributed by atoms with Crippen LogP contribution in [-0.4, -0.2) is 16.1 Å². The predicted molar refractivity (Wildman–Crippen MR) is 110 cm³/mol. The summed E-state index contributed by atoms with van der Waals surface area (Å²) < 4.78 is 66.9. The third-order valence-corrected chi connectivity index (χ3v) is 4.84. The molecule has 3 nitrogen and oxygen atoms in total. The number of carboxylic acids is 1. The van der Waals surface area contributed by atoms with Gasteiger partial charge in [0.25, 0.3) is 0 Å². The Balaban J connectivity index is 2.21. The van der Waals surface area contributed by atoms with Crippen LogP contribution < -0.4 is 0 Å². The second-order valence-electron chi connectivity index (χ2n) is 7.40. The fourth-order valence-electron chi connectivity index (χ4n) is 3.27. The first-order valence-corrected chi connectivity index (χ1v) is 9.48. The molecular formula is C24H18F5NO2. The Hall–Kier alpha value is -3.55. The highest BCUT2D eigenvalue weighted by Gasteiger charge is 2.30. The van der Waals surface area contributed by atoms with Gasteiger partial charge in [-0.2, -0.15) is 13.2 Å². The minimum Gasteiger partial charge on any atom is -0.481 e. The van der Waals surface area contributed by atoms with Gasteiger partial charge in [0.1, 0.15) is 0 Å². The molecule has 1 aromatic heterocycles. The van der Waals surface area contributed by atoms with Crippen molar-refractivity contribution in [1.82, 2.24) is 4.98 Å². The Morgan fingerprint density at radius 1 is 1.06 bits per heavy atom. The zero-order valence-electron chi connectivity index (χ0n) is 16.9. The second-order valence-corrected chi connectivity index (χ2v) is 7.40. The number of aromatic nitrogens is 1. The highest BCUT2D eigenvalue weighted by atomic mass is 19.4. The number of carbonyl (C=O) groups is 1. The average molecular weight is 447 g/mol. The van der Waals surface area contributed by atoms with E-state index >= 15 is 0 Å². The number of pyridine rings is 1. The molecule has 0 fully saturated rings. The molecule has 0 amide bonds. The number of rotatable bonds is 6. The molecule has 0 saturated heterocycles.